The molecule has 0 aromatic heterocycles. The molecule has 1 saturated heterocycles. The monoisotopic (exact) mass is 490 g/mol. The number of aliphatic imine (C=N–C) groups is 1. The van der Waals surface area contributed by atoms with Crippen molar-refractivity contribution < 1.29 is 14.6 Å². The highest BCUT2D eigenvalue weighted by atomic mass is 127. The fourth-order valence-corrected chi connectivity index (χ4v) is 3.06. The molecule has 0 bridgehead atoms. The highest BCUT2D eigenvalue weighted by Crippen LogP contribution is 2.29. The number of rotatable bonds is 7. The third-order valence-electron chi connectivity index (χ3n) is 4.48. The molecule has 1 heterocycles. The molecule has 7 nitrogen and oxygen atoms in total. The molecule has 1 aromatic carbocycles. The minimum absolute atomic E-state index is 0. The standard InChI is InChI=1S/C19H30N4O3.HI/c1-4-17(24)23-12-10-15(13-23)22-19(20-5-2)21-11-9-14-7-6-8-16(26-3)18(14)25;/h6-8,15,25H,4-5,9-13H2,1-3H3,(H2,20,21,22);1H. The average Bonchev–Trinajstić information content (AvgIpc) is 3.11. The van der Waals surface area contributed by atoms with E-state index < -0.39 is 0 Å². The summed E-state index contributed by atoms with van der Waals surface area (Å²) < 4.78 is 5.14. The summed E-state index contributed by atoms with van der Waals surface area (Å²) in [5.41, 5.74) is 0.810. The van der Waals surface area contributed by atoms with Crippen molar-refractivity contribution in [2.75, 3.05) is 33.3 Å². The molecule has 1 aliphatic heterocycles. The number of carbonyl (C=O) groups excluding carboxylic acids is 1. The quantitative estimate of drug-likeness (QED) is 0.310. The molecule has 0 spiro atoms. The van der Waals surface area contributed by atoms with Crippen LogP contribution in [0.5, 0.6) is 11.5 Å². The maximum Gasteiger partial charge on any atom is 0.222 e. The second-order valence-corrected chi connectivity index (χ2v) is 6.30. The number of ether oxygens (including phenoxy) is 1. The van der Waals surface area contributed by atoms with Crippen molar-refractivity contribution in [1.82, 2.24) is 15.5 Å². The lowest BCUT2D eigenvalue weighted by atomic mass is 10.1. The Morgan fingerprint density at radius 1 is 1.41 bits per heavy atom. The van der Waals surface area contributed by atoms with E-state index in [1.807, 2.05) is 30.9 Å². The van der Waals surface area contributed by atoms with Gasteiger partial charge in [-0.3, -0.25) is 9.79 Å². The van der Waals surface area contributed by atoms with Gasteiger partial charge >= 0.3 is 0 Å². The van der Waals surface area contributed by atoms with Crippen LogP contribution in [-0.2, 0) is 11.2 Å². The van der Waals surface area contributed by atoms with Gasteiger partial charge in [0.2, 0.25) is 5.91 Å². The predicted molar refractivity (Wildman–Crippen MR) is 118 cm³/mol. The summed E-state index contributed by atoms with van der Waals surface area (Å²) in [5.74, 6) is 1.59. The first-order valence-electron chi connectivity index (χ1n) is 9.26. The largest absolute Gasteiger partial charge is 0.504 e. The molecule has 1 unspecified atom stereocenters. The number of hydrogen-bond acceptors (Lipinski definition) is 4. The van der Waals surface area contributed by atoms with Gasteiger partial charge in [0, 0.05) is 38.6 Å². The summed E-state index contributed by atoms with van der Waals surface area (Å²) in [6.45, 7) is 6.73. The van der Waals surface area contributed by atoms with Crippen LogP contribution in [0.25, 0.3) is 0 Å². The number of likely N-dealkylation sites (tertiary alicyclic amines) is 1. The van der Waals surface area contributed by atoms with Crippen molar-refractivity contribution >= 4 is 35.8 Å². The number of halogens is 1. The average molecular weight is 490 g/mol. The van der Waals surface area contributed by atoms with Gasteiger partial charge in [-0.25, -0.2) is 0 Å². The van der Waals surface area contributed by atoms with Gasteiger partial charge in [-0.2, -0.15) is 0 Å². The van der Waals surface area contributed by atoms with Crippen molar-refractivity contribution in [3.63, 3.8) is 0 Å². The molecule has 2 rings (SSSR count). The Kier molecular flexibility index (Phi) is 10.3. The van der Waals surface area contributed by atoms with Crippen LogP contribution in [0.4, 0.5) is 0 Å². The van der Waals surface area contributed by atoms with Crippen LogP contribution in [0.3, 0.4) is 0 Å². The maximum atomic E-state index is 11.8. The van der Waals surface area contributed by atoms with Gasteiger partial charge in [-0.15, -0.1) is 24.0 Å². The third kappa shape index (κ3) is 6.75. The number of benzene rings is 1. The Balaban J connectivity index is 0.00000364. The lowest BCUT2D eigenvalue weighted by Gasteiger charge is -2.18. The van der Waals surface area contributed by atoms with Crippen LogP contribution in [0, 0.1) is 0 Å². The molecule has 8 heteroatoms. The Bertz CT molecular complexity index is 639. The fraction of sp³-hybridized carbons (Fsp3) is 0.579. The third-order valence-corrected chi connectivity index (χ3v) is 4.48. The maximum absolute atomic E-state index is 11.8. The number of nitrogens with zero attached hydrogens (tertiary/aromatic N) is 2. The highest BCUT2D eigenvalue weighted by molar-refractivity contribution is 14.0. The van der Waals surface area contributed by atoms with Crippen molar-refractivity contribution in [2.45, 2.75) is 39.2 Å². The predicted octanol–water partition coefficient (Wildman–Crippen LogP) is 2.13. The first-order chi connectivity index (χ1) is 12.6. The van der Waals surface area contributed by atoms with Gasteiger partial charge in [0.15, 0.2) is 17.5 Å². The Morgan fingerprint density at radius 3 is 2.85 bits per heavy atom. The van der Waals surface area contributed by atoms with Crippen LogP contribution in [0.2, 0.25) is 0 Å². The fourth-order valence-electron chi connectivity index (χ4n) is 3.06. The molecule has 1 aromatic rings. The number of aromatic hydroxyl groups is 1. The van der Waals surface area contributed by atoms with E-state index >= 15 is 0 Å². The first-order valence-corrected chi connectivity index (χ1v) is 9.26. The highest BCUT2D eigenvalue weighted by Gasteiger charge is 2.25. The number of guanidine groups is 1. The van der Waals surface area contributed by atoms with Crippen LogP contribution in [0.15, 0.2) is 23.2 Å². The van der Waals surface area contributed by atoms with E-state index in [0.29, 0.717) is 31.7 Å². The molecule has 1 aliphatic rings. The summed E-state index contributed by atoms with van der Waals surface area (Å²) in [5, 5.41) is 16.8. The van der Waals surface area contributed by atoms with E-state index in [4.69, 9.17) is 4.74 Å². The second kappa shape index (κ2) is 11.9. The Labute approximate surface area is 178 Å². The molecule has 3 N–H and O–H groups in total. The number of methoxy groups -OCH3 is 1. The van der Waals surface area contributed by atoms with E-state index in [1.165, 1.54) is 0 Å². The van der Waals surface area contributed by atoms with Gasteiger partial charge in [-0.05, 0) is 31.4 Å². The molecule has 0 saturated carbocycles. The molecule has 0 radical (unpaired) electrons. The lowest BCUT2D eigenvalue weighted by Crippen LogP contribution is -2.45. The Morgan fingerprint density at radius 2 is 2.19 bits per heavy atom. The lowest BCUT2D eigenvalue weighted by molar-refractivity contribution is -0.129. The molecule has 0 aliphatic carbocycles. The molecular weight excluding hydrogens is 459 g/mol. The number of amides is 1. The van der Waals surface area contributed by atoms with Crippen molar-refractivity contribution in [3.8, 4) is 11.5 Å². The van der Waals surface area contributed by atoms with E-state index in [9.17, 15) is 9.90 Å². The molecule has 1 amide bonds. The van der Waals surface area contributed by atoms with E-state index in [0.717, 1.165) is 31.0 Å². The summed E-state index contributed by atoms with van der Waals surface area (Å²) in [7, 11) is 1.54. The minimum Gasteiger partial charge on any atom is -0.504 e. The summed E-state index contributed by atoms with van der Waals surface area (Å²) in [6.07, 6.45) is 2.09. The van der Waals surface area contributed by atoms with Gasteiger partial charge in [0.25, 0.3) is 0 Å². The molecule has 1 fully saturated rings. The number of hydrogen-bond donors (Lipinski definition) is 3. The van der Waals surface area contributed by atoms with Crippen molar-refractivity contribution in [3.05, 3.63) is 23.8 Å². The van der Waals surface area contributed by atoms with Crippen molar-refractivity contribution in [2.24, 2.45) is 4.99 Å². The second-order valence-electron chi connectivity index (χ2n) is 6.30. The summed E-state index contributed by atoms with van der Waals surface area (Å²) >= 11 is 0. The van der Waals surface area contributed by atoms with Gasteiger partial charge in [0.05, 0.1) is 7.11 Å². The van der Waals surface area contributed by atoms with Gasteiger partial charge < -0.3 is 25.4 Å². The van der Waals surface area contributed by atoms with Crippen LogP contribution in [0.1, 0.15) is 32.3 Å². The normalized spacial score (nSPS) is 16.6. The van der Waals surface area contributed by atoms with Gasteiger partial charge in [-0.1, -0.05) is 19.1 Å². The van der Waals surface area contributed by atoms with Gasteiger partial charge in [0.1, 0.15) is 0 Å². The summed E-state index contributed by atoms with van der Waals surface area (Å²) in [4.78, 5) is 18.3. The molecule has 27 heavy (non-hydrogen) atoms. The SMILES string of the molecule is CCNC(=NCCc1cccc(OC)c1O)NC1CCN(C(=O)CC)C1.I. The smallest absolute Gasteiger partial charge is 0.222 e. The van der Waals surface area contributed by atoms with Crippen LogP contribution < -0.4 is 15.4 Å². The molecule has 152 valence electrons. The number of phenolic OH excluding ortho intramolecular Hbond substituents is 1. The molecular formula is C19H31IN4O3. The van der Waals surface area contributed by atoms with E-state index in [1.54, 1.807) is 13.2 Å². The van der Waals surface area contributed by atoms with E-state index in [-0.39, 0.29) is 41.7 Å². The number of para-hydroxylation sites is 1. The zero-order valence-corrected chi connectivity index (χ0v) is 18.7. The zero-order valence-electron chi connectivity index (χ0n) is 16.3. The zero-order chi connectivity index (χ0) is 18.9. The topological polar surface area (TPSA) is 86.2 Å². The number of phenols is 1. The van der Waals surface area contributed by atoms with Crippen LogP contribution in [-0.4, -0.2) is 61.2 Å². The van der Waals surface area contributed by atoms with Crippen LogP contribution >= 0.6 is 24.0 Å². The van der Waals surface area contributed by atoms with E-state index in [2.05, 4.69) is 15.6 Å². The Hall–Kier alpha value is -1.71. The molecule has 1 atom stereocenters. The number of nitrogens with one attached hydrogen (secondary N) is 2. The first kappa shape index (κ1) is 23.3. The number of carbonyl (C=O) groups is 1. The summed E-state index contributed by atoms with van der Waals surface area (Å²) in [6, 6.07) is 5.68. The van der Waals surface area contributed by atoms with Crippen molar-refractivity contribution in [1.29, 1.82) is 0 Å². The minimum atomic E-state index is 0.